The van der Waals surface area contributed by atoms with Crippen molar-refractivity contribution in [2.75, 3.05) is 0 Å². The van der Waals surface area contributed by atoms with E-state index >= 15 is 0 Å². The Labute approximate surface area is 162 Å². The Bertz CT molecular complexity index is 1200. The van der Waals surface area contributed by atoms with Crippen LogP contribution >= 0.6 is 11.3 Å². The molecule has 1 aliphatic rings. The van der Waals surface area contributed by atoms with Crippen LogP contribution < -0.4 is 4.87 Å². The number of halogens is 2. The molecule has 140 valence electrons. The first kappa shape index (κ1) is 18.0. The molecule has 0 bridgehead atoms. The van der Waals surface area contributed by atoms with Crippen molar-refractivity contribution >= 4 is 28.8 Å². The maximum absolute atomic E-state index is 13.7. The van der Waals surface area contributed by atoms with Gasteiger partial charge in [-0.1, -0.05) is 41.7 Å². The predicted molar refractivity (Wildman–Crippen MR) is 105 cm³/mol. The molecular weight excluding hydrogens is 384 g/mol. The number of hydrogen-bond donors (Lipinski definition) is 1. The third kappa shape index (κ3) is 3.07. The van der Waals surface area contributed by atoms with E-state index in [1.807, 2.05) is 30.3 Å². The van der Waals surface area contributed by atoms with Crippen LogP contribution in [0.1, 0.15) is 16.0 Å². The van der Waals surface area contributed by atoms with Gasteiger partial charge in [0.15, 0.2) is 0 Å². The van der Waals surface area contributed by atoms with Gasteiger partial charge in [-0.15, -0.1) is 5.10 Å². The third-order valence-corrected chi connectivity index (χ3v) is 5.32. The van der Waals surface area contributed by atoms with E-state index in [1.54, 1.807) is 0 Å². The van der Waals surface area contributed by atoms with Crippen molar-refractivity contribution < 1.29 is 13.9 Å². The largest absolute Gasteiger partial charge is 0.493 e. The lowest BCUT2D eigenvalue weighted by atomic mass is 9.93. The van der Waals surface area contributed by atoms with Crippen molar-refractivity contribution in [2.24, 2.45) is 17.3 Å². The van der Waals surface area contributed by atoms with Crippen LogP contribution in [0.4, 0.5) is 8.78 Å². The van der Waals surface area contributed by atoms with Gasteiger partial charge in [0.25, 0.3) is 0 Å². The summed E-state index contributed by atoms with van der Waals surface area (Å²) in [6.45, 7) is 0. The number of aromatic nitrogens is 1. The number of aromatic hydroxyl groups is 1. The first-order valence-corrected chi connectivity index (χ1v) is 9.04. The van der Waals surface area contributed by atoms with E-state index in [-0.39, 0.29) is 22.0 Å². The molecule has 0 atom stereocenters. The first-order valence-electron chi connectivity index (χ1n) is 8.22. The van der Waals surface area contributed by atoms with Crippen LogP contribution in [0.15, 0.2) is 69.1 Å². The molecule has 1 aliphatic heterocycles. The number of nitrogens with zero attached hydrogens (tertiary/aromatic N) is 3. The zero-order valence-electron chi connectivity index (χ0n) is 14.6. The fourth-order valence-corrected chi connectivity index (χ4v) is 3.92. The molecule has 0 radical (unpaired) electrons. The van der Waals surface area contributed by atoms with Crippen LogP contribution in [0.25, 0.3) is 5.57 Å². The topological polar surface area (TPSA) is 66.9 Å². The van der Waals surface area contributed by atoms with Crippen molar-refractivity contribution in [2.45, 2.75) is 0 Å². The highest BCUT2D eigenvalue weighted by molar-refractivity contribution is 7.11. The second-order valence-corrected chi connectivity index (χ2v) is 7.05. The highest BCUT2D eigenvalue weighted by Crippen LogP contribution is 2.36. The Morgan fingerprint density at radius 1 is 1.11 bits per heavy atom. The smallest absolute Gasteiger partial charge is 0.310 e. The molecule has 0 amide bonds. The molecule has 3 aromatic rings. The van der Waals surface area contributed by atoms with E-state index < -0.39 is 11.6 Å². The quantitative estimate of drug-likeness (QED) is 0.732. The SMILES string of the molecule is Cn1c(O)c(C(=C2C=NN=C2c2cc(F)cc(F)c2)c2ccccc2)sc1=O. The van der Waals surface area contributed by atoms with E-state index in [9.17, 15) is 18.7 Å². The summed E-state index contributed by atoms with van der Waals surface area (Å²) >= 11 is 0.869. The third-order valence-electron chi connectivity index (χ3n) is 4.28. The number of thiazole rings is 1. The normalized spacial score (nSPS) is 15.0. The number of hydrogen-bond acceptors (Lipinski definition) is 5. The van der Waals surface area contributed by atoms with E-state index in [2.05, 4.69) is 10.2 Å². The second kappa shape index (κ2) is 6.97. The van der Waals surface area contributed by atoms with Gasteiger partial charge in [0, 0.05) is 29.8 Å². The summed E-state index contributed by atoms with van der Waals surface area (Å²) in [5.41, 5.74) is 2.12. The van der Waals surface area contributed by atoms with Crippen LogP contribution in [0, 0.1) is 11.6 Å². The molecule has 4 rings (SSSR count). The summed E-state index contributed by atoms with van der Waals surface area (Å²) in [6, 6.07) is 12.2. The van der Waals surface area contributed by atoms with E-state index in [1.165, 1.54) is 13.3 Å². The Morgan fingerprint density at radius 2 is 1.79 bits per heavy atom. The summed E-state index contributed by atoms with van der Waals surface area (Å²) in [5, 5.41) is 18.4. The van der Waals surface area contributed by atoms with Crippen molar-refractivity contribution in [3.05, 3.63) is 91.4 Å². The maximum atomic E-state index is 13.7. The van der Waals surface area contributed by atoms with Crippen molar-refractivity contribution in [3.8, 4) is 5.88 Å². The van der Waals surface area contributed by atoms with Gasteiger partial charge in [-0.25, -0.2) is 8.78 Å². The molecule has 2 aromatic carbocycles. The Balaban J connectivity index is 2.01. The molecule has 8 heteroatoms. The summed E-state index contributed by atoms with van der Waals surface area (Å²) in [6.07, 6.45) is 1.45. The zero-order chi connectivity index (χ0) is 19.8. The number of allylic oxidation sites excluding steroid dienone is 1. The second-order valence-electron chi connectivity index (χ2n) is 6.09. The van der Waals surface area contributed by atoms with Crippen LogP contribution in [-0.4, -0.2) is 21.6 Å². The minimum absolute atomic E-state index is 0.202. The summed E-state index contributed by atoms with van der Waals surface area (Å²) < 4.78 is 28.6. The van der Waals surface area contributed by atoms with Crippen molar-refractivity contribution in [3.63, 3.8) is 0 Å². The van der Waals surface area contributed by atoms with Crippen molar-refractivity contribution in [1.29, 1.82) is 0 Å². The molecule has 0 spiro atoms. The molecule has 0 fully saturated rings. The maximum Gasteiger partial charge on any atom is 0.310 e. The molecule has 0 saturated heterocycles. The Kier molecular flexibility index (Phi) is 4.48. The van der Waals surface area contributed by atoms with Gasteiger partial charge >= 0.3 is 4.87 Å². The molecule has 5 nitrogen and oxygen atoms in total. The molecular formula is C20H13F2N3O2S. The highest BCUT2D eigenvalue weighted by atomic mass is 32.1. The average molecular weight is 397 g/mol. The summed E-state index contributed by atoms with van der Waals surface area (Å²) in [5.74, 6) is -1.68. The zero-order valence-corrected chi connectivity index (χ0v) is 15.4. The van der Waals surface area contributed by atoms with Gasteiger partial charge in [0.05, 0.1) is 6.21 Å². The lowest BCUT2D eigenvalue weighted by Gasteiger charge is -2.12. The van der Waals surface area contributed by atoms with E-state index in [0.29, 0.717) is 21.6 Å². The summed E-state index contributed by atoms with van der Waals surface area (Å²) in [7, 11) is 1.46. The van der Waals surface area contributed by atoms with E-state index in [0.717, 1.165) is 34.1 Å². The van der Waals surface area contributed by atoms with Crippen LogP contribution in [0.5, 0.6) is 5.88 Å². The molecule has 0 aliphatic carbocycles. The van der Waals surface area contributed by atoms with Gasteiger partial charge in [-0.3, -0.25) is 9.36 Å². The average Bonchev–Trinajstić information content (AvgIpc) is 3.24. The molecule has 1 N–H and O–H groups in total. The van der Waals surface area contributed by atoms with Gasteiger partial charge in [0.1, 0.15) is 22.2 Å². The van der Waals surface area contributed by atoms with Crippen LogP contribution in [0.2, 0.25) is 0 Å². The first-order chi connectivity index (χ1) is 13.5. The van der Waals surface area contributed by atoms with Gasteiger partial charge < -0.3 is 5.11 Å². The van der Waals surface area contributed by atoms with E-state index in [4.69, 9.17) is 0 Å². The minimum Gasteiger partial charge on any atom is -0.493 e. The van der Waals surface area contributed by atoms with Crippen molar-refractivity contribution in [1.82, 2.24) is 4.57 Å². The van der Waals surface area contributed by atoms with Gasteiger partial charge in [-0.2, -0.15) is 5.10 Å². The standard InChI is InChI=1S/C20H13F2N3O2S/c1-25-19(26)18(28-20(25)27)16(11-5-3-2-4-6-11)15-10-23-24-17(15)12-7-13(21)9-14(22)8-12/h2-10,26H,1H3. The molecule has 1 aromatic heterocycles. The number of rotatable bonds is 3. The lowest BCUT2D eigenvalue weighted by Crippen LogP contribution is -2.07. The monoisotopic (exact) mass is 397 g/mol. The minimum atomic E-state index is -0.738. The molecule has 0 saturated carbocycles. The lowest BCUT2D eigenvalue weighted by molar-refractivity contribution is 0.428. The number of benzene rings is 2. The fraction of sp³-hybridized carbons (Fsp3) is 0.0500. The van der Waals surface area contributed by atoms with Crippen LogP contribution in [0.3, 0.4) is 0 Å². The van der Waals surface area contributed by atoms with Gasteiger partial charge in [-0.05, 0) is 17.7 Å². The Morgan fingerprint density at radius 3 is 2.39 bits per heavy atom. The van der Waals surface area contributed by atoms with Crippen LogP contribution in [-0.2, 0) is 7.05 Å². The highest BCUT2D eigenvalue weighted by Gasteiger charge is 2.25. The molecule has 28 heavy (non-hydrogen) atoms. The molecule has 0 unspecified atom stereocenters. The van der Waals surface area contributed by atoms with Gasteiger partial charge in [0.2, 0.25) is 5.88 Å². The summed E-state index contributed by atoms with van der Waals surface area (Å²) in [4.78, 5) is 12.1. The Hall–Kier alpha value is -3.39. The fourth-order valence-electron chi connectivity index (χ4n) is 2.96. The molecule has 2 heterocycles. The predicted octanol–water partition coefficient (Wildman–Crippen LogP) is 3.72.